The van der Waals surface area contributed by atoms with E-state index in [1.165, 1.54) is 23.5 Å². The van der Waals surface area contributed by atoms with E-state index in [2.05, 4.69) is 31.0 Å². The van der Waals surface area contributed by atoms with E-state index in [0.717, 1.165) is 29.5 Å². The van der Waals surface area contributed by atoms with Gasteiger partial charge in [0, 0.05) is 5.69 Å². The molecule has 0 saturated heterocycles. The van der Waals surface area contributed by atoms with Crippen LogP contribution in [0.3, 0.4) is 0 Å². The fraction of sp³-hybridized carbons (Fsp3) is 0.217. The molecule has 0 aliphatic heterocycles. The zero-order chi connectivity index (χ0) is 26.6. The number of hydrogen-bond acceptors (Lipinski definition) is 8. The normalized spacial score (nSPS) is 11.4. The number of aryl methyl sites for hydroxylation is 2. The highest BCUT2D eigenvalue weighted by atomic mass is 32.2. The van der Waals surface area contributed by atoms with E-state index in [0.29, 0.717) is 21.0 Å². The molecule has 0 spiro atoms. The van der Waals surface area contributed by atoms with Crippen molar-refractivity contribution < 1.29 is 22.8 Å². The minimum Gasteiger partial charge on any atom is -0.345 e. The molecular formula is C23H20F3N7O2S2. The monoisotopic (exact) mass is 547 g/mol. The average molecular weight is 548 g/mol. The molecular weight excluding hydrogens is 527 g/mol. The Morgan fingerprint density at radius 2 is 1.81 bits per heavy atom. The summed E-state index contributed by atoms with van der Waals surface area (Å²) in [5, 5.41) is 22.6. The Morgan fingerprint density at radius 1 is 1.03 bits per heavy atom. The lowest BCUT2D eigenvalue weighted by atomic mass is 10.1. The van der Waals surface area contributed by atoms with Gasteiger partial charge in [-0.3, -0.25) is 19.5 Å². The van der Waals surface area contributed by atoms with Crippen molar-refractivity contribution in [1.82, 2.24) is 30.3 Å². The minimum absolute atomic E-state index is 0.00606. The molecule has 37 heavy (non-hydrogen) atoms. The smallest absolute Gasteiger partial charge is 0.345 e. The first-order valence-corrected chi connectivity index (χ1v) is 12.6. The lowest BCUT2D eigenvalue weighted by Gasteiger charge is -2.14. The SMILES string of the molecule is Cc1cccc(-n2c(CNC(=O)c3ccccc3C(F)(F)F)nnc2SCC(=O)Nc2nnc(C)s2)c1. The molecule has 0 saturated carbocycles. The highest BCUT2D eigenvalue weighted by Gasteiger charge is 2.34. The molecule has 0 bridgehead atoms. The fourth-order valence-corrected chi connectivity index (χ4v) is 4.73. The van der Waals surface area contributed by atoms with Gasteiger partial charge in [-0.1, -0.05) is 47.4 Å². The third kappa shape index (κ3) is 6.51. The average Bonchev–Trinajstić information content (AvgIpc) is 3.46. The van der Waals surface area contributed by atoms with E-state index < -0.39 is 23.2 Å². The Bertz CT molecular complexity index is 1440. The Balaban J connectivity index is 1.54. The number of nitrogens with zero attached hydrogens (tertiary/aromatic N) is 5. The summed E-state index contributed by atoms with van der Waals surface area (Å²) in [5.41, 5.74) is 0.101. The number of rotatable bonds is 8. The minimum atomic E-state index is -4.67. The summed E-state index contributed by atoms with van der Waals surface area (Å²) in [7, 11) is 0. The van der Waals surface area contributed by atoms with Crippen molar-refractivity contribution in [1.29, 1.82) is 0 Å². The first kappa shape index (κ1) is 26.3. The van der Waals surface area contributed by atoms with Crippen LogP contribution in [-0.4, -0.2) is 42.5 Å². The molecule has 0 unspecified atom stereocenters. The summed E-state index contributed by atoms with van der Waals surface area (Å²) in [4.78, 5) is 25.0. The number of carbonyl (C=O) groups excluding carboxylic acids is 2. The largest absolute Gasteiger partial charge is 0.417 e. The van der Waals surface area contributed by atoms with Gasteiger partial charge in [0.25, 0.3) is 5.91 Å². The molecule has 2 amide bonds. The Kier molecular flexibility index (Phi) is 7.88. The van der Waals surface area contributed by atoms with E-state index in [-0.39, 0.29) is 24.0 Å². The number of hydrogen-bond donors (Lipinski definition) is 2. The van der Waals surface area contributed by atoms with Crippen LogP contribution in [0.2, 0.25) is 0 Å². The molecule has 9 nitrogen and oxygen atoms in total. The summed E-state index contributed by atoms with van der Waals surface area (Å²) < 4.78 is 41.7. The van der Waals surface area contributed by atoms with Crippen LogP contribution in [0.4, 0.5) is 18.3 Å². The molecule has 2 aromatic heterocycles. The van der Waals surface area contributed by atoms with Crippen molar-refractivity contribution >= 4 is 40.0 Å². The third-order valence-electron chi connectivity index (χ3n) is 4.95. The standard InChI is InChI=1S/C23H20F3N7O2S2/c1-13-6-5-7-15(10-13)33-18(11-27-20(35)16-8-3-4-9-17(16)23(24,25)26)30-32-22(33)36-12-19(34)28-21-31-29-14(2)37-21/h3-10H,11-12H2,1-2H3,(H,27,35)(H,28,31,34). The second-order valence-corrected chi connectivity index (χ2v) is 9.89. The van der Waals surface area contributed by atoms with Crippen LogP contribution < -0.4 is 10.6 Å². The van der Waals surface area contributed by atoms with Crippen LogP contribution in [0, 0.1) is 13.8 Å². The quantitative estimate of drug-likeness (QED) is 0.314. The van der Waals surface area contributed by atoms with E-state index in [1.54, 1.807) is 17.6 Å². The number of carbonyl (C=O) groups is 2. The molecule has 2 N–H and O–H groups in total. The molecule has 192 valence electrons. The van der Waals surface area contributed by atoms with Gasteiger partial charge in [0.15, 0.2) is 11.0 Å². The second kappa shape index (κ2) is 11.1. The number of nitrogens with one attached hydrogen (secondary N) is 2. The Morgan fingerprint density at radius 3 is 2.51 bits per heavy atom. The van der Waals surface area contributed by atoms with Gasteiger partial charge in [0.05, 0.1) is 23.4 Å². The van der Waals surface area contributed by atoms with E-state index in [9.17, 15) is 22.8 Å². The van der Waals surface area contributed by atoms with Gasteiger partial charge in [-0.25, -0.2) is 0 Å². The molecule has 0 aliphatic carbocycles. The number of amides is 2. The summed E-state index contributed by atoms with van der Waals surface area (Å²) in [5.74, 6) is -0.939. The predicted molar refractivity (Wildman–Crippen MR) is 133 cm³/mol. The molecule has 2 aromatic carbocycles. The number of benzene rings is 2. The molecule has 0 fully saturated rings. The van der Waals surface area contributed by atoms with Crippen molar-refractivity contribution in [2.75, 3.05) is 11.1 Å². The summed E-state index contributed by atoms with van der Waals surface area (Å²) in [6.45, 7) is 3.48. The number of anilines is 1. The Hall–Kier alpha value is -3.78. The van der Waals surface area contributed by atoms with Crippen LogP contribution in [0.5, 0.6) is 0 Å². The number of aromatic nitrogens is 5. The summed E-state index contributed by atoms with van der Waals surface area (Å²) in [6.07, 6.45) is -4.67. The van der Waals surface area contributed by atoms with Crippen LogP contribution in [-0.2, 0) is 17.5 Å². The maximum atomic E-state index is 13.3. The molecule has 0 atom stereocenters. The van der Waals surface area contributed by atoms with Crippen LogP contribution in [0.25, 0.3) is 5.69 Å². The highest BCUT2D eigenvalue weighted by Crippen LogP contribution is 2.32. The van der Waals surface area contributed by atoms with Gasteiger partial charge in [0.2, 0.25) is 11.0 Å². The molecule has 0 radical (unpaired) electrons. The van der Waals surface area contributed by atoms with E-state index in [1.807, 2.05) is 25.1 Å². The van der Waals surface area contributed by atoms with Gasteiger partial charge >= 0.3 is 6.18 Å². The van der Waals surface area contributed by atoms with Crippen LogP contribution in [0.1, 0.15) is 32.3 Å². The predicted octanol–water partition coefficient (Wildman–Crippen LogP) is 4.42. The van der Waals surface area contributed by atoms with Gasteiger partial charge in [-0.2, -0.15) is 13.2 Å². The molecule has 4 aromatic rings. The molecule has 0 aliphatic rings. The van der Waals surface area contributed by atoms with Crippen LogP contribution >= 0.6 is 23.1 Å². The van der Waals surface area contributed by atoms with Crippen LogP contribution in [0.15, 0.2) is 53.7 Å². The van der Waals surface area contributed by atoms with Gasteiger partial charge in [-0.15, -0.1) is 20.4 Å². The van der Waals surface area contributed by atoms with Crippen molar-refractivity contribution in [3.63, 3.8) is 0 Å². The maximum absolute atomic E-state index is 13.3. The molecule has 14 heteroatoms. The topological polar surface area (TPSA) is 115 Å². The van der Waals surface area contributed by atoms with E-state index in [4.69, 9.17) is 0 Å². The number of thioether (sulfide) groups is 1. The first-order chi connectivity index (χ1) is 17.6. The lowest BCUT2D eigenvalue weighted by Crippen LogP contribution is -2.27. The highest BCUT2D eigenvalue weighted by molar-refractivity contribution is 7.99. The zero-order valence-electron chi connectivity index (χ0n) is 19.5. The summed E-state index contributed by atoms with van der Waals surface area (Å²) >= 11 is 2.36. The first-order valence-electron chi connectivity index (χ1n) is 10.8. The third-order valence-corrected chi connectivity index (χ3v) is 6.63. The summed E-state index contributed by atoms with van der Waals surface area (Å²) in [6, 6.07) is 11.9. The van der Waals surface area contributed by atoms with Crippen molar-refractivity contribution in [2.24, 2.45) is 0 Å². The van der Waals surface area contributed by atoms with Gasteiger partial charge in [0.1, 0.15) is 5.01 Å². The van der Waals surface area contributed by atoms with Crippen molar-refractivity contribution in [3.8, 4) is 5.69 Å². The van der Waals surface area contributed by atoms with Crippen molar-refractivity contribution in [2.45, 2.75) is 31.7 Å². The Labute approximate surface area is 217 Å². The van der Waals surface area contributed by atoms with E-state index >= 15 is 0 Å². The fourth-order valence-electron chi connectivity index (χ4n) is 3.35. The molecule has 4 rings (SSSR count). The number of alkyl halides is 3. The molecule has 2 heterocycles. The lowest BCUT2D eigenvalue weighted by molar-refractivity contribution is -0.138. The van der Waals surface area contributed by atoms with Crippen molar-refractivity contribution in [3.05, 3.63) is 76.1 Å². The zero-order valence-corrected chi connectivity index (χ0v) is 21.2. The van der Waals surface area contributed by atoms with Gasteiger partial charge < -0.3 is 5.32 Å². The van der Waals surface area contributed by atoms with Gasteiger partial charge in [-0.05, 0) is 43.7 Å². The number of halogens is 3. The maximum Gasteiger partial charge on any atom is 0.417 e. The second-order valence-electron chi connectivity index (χ2n) is 7.76.